The van der Waals surface area contributed by atoms with Gasteiger partial charge in [-0.15, -0.1) is 0 Å². The SMILES string of the molecule is Cc1ccc(C(=O)NC2(C(=O)NC3CCc4ccccc4-n4ccnc43)CC2)cc1. The van der Waals surface area contributed by atoms with E-state index < -0.39 is 5.54 Å². The molecule has 2 amide bonds. The second kappa shape index (κ2) is 7.13. The molecule has 30 heavy (non-hydrogen) atoms. The monoisotopic (exact) mass is 400 g/mol. The zero-order valence-electron chi connectivity index (χ0n) is 16.9. The van der Waals surface area contributed by atoms with E-state index in [9.17, 15) is 9.59 Å². The molecule has 2 aromatic carbocycles. The summed E-state index contributed by atoms with van der Waals surface area (Å²) in [6.07, 6.45) is 6.62. The molecule has 3 aromatic rings. The largest absolute Gasteiger partial charge is 0.344 e. The van der Waals surface area contributed by atoms with Crippen LogP contribution in [0.4, 0.5) is 0 Å². The molecule has 2 aliphatic rings. The number of aromatic nitrogens is 2. The summed E-state index contributed by atoms with van der Waals surface area (Å²) in [5.74, 6) is 0.486. The molecule has 1 aromatic heterocycles. The lowest BCUT2D eigenvalue weighted by Crippen LogP contribution is -2.50. The molecule has 0 spiro atoms. The van der Waals surface area contributed by atoms with Gasteiger partial charge in [0.1, 0.15) is 11.4 Å². The van der Waals surface area contributed by atoms with Crippen molar-refractivity contribution in [2.45, 2.75) is 44.2 Å². The number of rotatable bonds is 4. The number of hydrogen-bond donors (Lipinski definition) is 2. The van der Waals surface area contributed by atoms with Gasteiger partial charge in [-0.25, -0.2) is 4.98 Å². The second-order valence-corrected chi connectivity index (χ2v) is 8.25. The van der Waals surface area contributed by atoms with Crippen molar-refractivity contribution in [2.75, 3.05) is 0 Å². The Hall–Kier alpha value is -3.41. The van der Waals surface area contributed by atoms with Crippen LogP contribution in [0.2, 0.25) is 0 Å². The molecule has 1 saturated carbocycles. The van der Waals surface area contributed by atoms with Crippen LogP contribution in [0.1, 0.15) is 52.6 Å². The molecular weight excluding hydrogens is 376 g/mol. The lowest BCUT2D eigenvalue weighted by molar-refractivity contribution is -0.124. The zero-order valence-corrected chi connectivity index (χ0v) is 16.9. The van der Waals surface area contributed by atoms with Gasteiger partial charge < -0.3 is 15.2 Å². The standard InChI is InChI=1S/C24H24N4O2/c1-16-6-8-18(9-7-16)22(29)27-24(12-13-24)23(30)26-19-11-10-17-4-2-3-5-20(17)28-15-14-25-21(19)28/h2-9,14-15,19H,10-13H2,1H3,(H,26,30)(H,27,29). The third-order valence-corrected chi connectivity index (χ3v) is 6.09. The van der Waals surface area contributed by atoms with Gasteiger partial charge in [0.05, 0.1) is 6.04 Å². The van der Waals surface area contributed by atoms with Gasteiger partial charge in [0, 0.05) is 23.6 Å². The van der Waals surface area contributed by atoms with E-state index in [2.05, 4.69) is 32.3 Å². The number of imidazole rings is 1. The van der Waals surface area contributed by atoms with Gasteiger partial charge in [-0.2, -0.15) is 0 Å². The van der Waals surface area contributed by atoms with Crippen LogP contribution in [-0.4, -0.2) is 26.9 Å². The van der Waals surface area contributed by atoms with Gasteiger partial charge in [-0.1, -0.05) is 35.9 Å². The summed E-state index contributed by atoms with van der Waals surface area (Å²) >= 11 is 0. The number of carbonyl (C=O) groups is 2. The van der Waals surface area contributed by atoms with Gasteiger partial charge in [-0.3, -0.25) is 9.59 Å². The number of nitrogens with zero attached hydrogens (tertiary/aromatic N) is 2. The molecule has 1 aliphatic heterocycles. The number of carbonyl (C=O) groups excluding carboxylic acids is 2. The van der Waals surface area contributed by atoms with E-state index in [-0.39, 0.29) is 17.9 Å². The van der Waals surface area contributed by atoms with E-state index in [4.69, 9.17) is 0 Å². The molecule has 0 saturated heterocycles. The number of para-hydroxylation sites is 1. The molecule has 0 bridgehead atoms. The highest BCUT2D eigenvalue weighted by Crippen LogP contribution is 2.37. The summed E-state index contributed by atoms with van der Waals surface area (Å²) in [4.78, 5) is 30.4. The fourth-order valence-corrected chi connectivity index (χ4v) is 4.12. The Labute approximate surface area is 175 Å². The van der Waals surface area contributed by atoms with Gasteiger partial charge in [0.2, 0.25) is 5.91 Å². The van der Waals surface area contributed by atoms with E-state index in [1.54, 1.807) is 18.3 Å². The molecule has 6 heteroatoms. The Morgan fingerprint density at radius 1 is 1.10 bits per heavy atom. The summed E-state index contributed by atoms with van der Waals surface area (Å²) in [5.41, 5.74) is 3.19. The number of aryl methyl sites for hydroxylation is 2. The first-order chi connectivity index (χ1) is 14.6. The van der Waals surface area contributed by atoms with Crippen molar-refractivity contribution in [1.29, 1.82) is 0 Å². The number of fused-ring (bicyclic) bond motifs is 3. The molecular formula is C24H24N4O2. The molecule has 152 valence electrons. The first-order valence-corrected chi connectivity index (χ1v) is 10.4. The molecule has 0 radical (unpaired) electrons. The van der Waals surface area contributed by atoms with Crippen LogP contribution in [0, 0.1) is 6.92 Å². The normalized spacial score (nSPS) is 18.5. The van der Waals surface area contributed by atoms with Crippen molar-refractivity contribution in [3.05, 3.63) is 83.4 Å². The van der Waals surface area contributed by atoms with Crippen molar-refractivity contribution in [1.82, 2.24) is 20.2 Å². The Balaban J connectivity index is 1.33. The molecule has 1 atom stereocenters. The van der Waals surface area contributed by atoms with Crippen molar-refractivity contribution >= 4 is 11.8 Å². The second-order valence-electron chi connectivity index (χ2n) is 8.25. The van der Waals surface area contributed by atoms with Crippen LogP contribution in [-0.2, 0) is 11.2 Å². The molecule has 5 rings (SSSR count). The van der Waals surface area contributed by atoms with Gasteiger partial charge in [-0.05, 0) is 56.4 Å². The van der Waals surface area contributed by atoms with Crippen LogP contribution in [0.15, 0.2) is 60.9 Å². The fourth-order valence-electron chi connectivity index (χ4n) is 4.12. The predicted octanol–water partition coefficient (Wildman–Crippen LogP) is 3.25. The number of hydrogen-bond acceptors (Lipinski definition) is 3. The average Bonchev–Trinajstić information content (AvgIpc) is 3.41. The smallest absolute Gasteiger partial charge is 0.252 e. The highest BCUT2D eigenvalue weighted by atomic mass is 16.2. The van der Waals surface area contributed by atoms with Gasteiger partial charge in [0.25, 0.3) is 5.91 Å². The maximum atomic E-state index is 13.2. The van der Waals surface area contributed by atoms with Gasteiger partial charge >= 0.3 is 0 Å². The fraction of sp³-hybridized carbons (Fsp3) is 0.292. The number of amides is 2. The maximum absolute atomic E-state index is 13.2. The molecule has 1 fully saturated rings. The van der Waals surface area contributed by atoms with Crippen molar-refractivity contribution in [3.8, 4) is 5.69 Å². The molecule has 2 N–H and O–H groups in total. The Morgan fingerprint density at radius 2 is 1.87 bits per heavy atom. The van der Waals surface area contributed by atoms with E-state index in [1.165, 1.54) is 5.56 Å². The first-order valence-electron chi connectivity index (χ1n) is 10.4. The first kappa shape index (κ1) is 18.6. The van der Waals surface area contributed by atoms with E-state index in [0.717, 1.165) is 29.9 Å². The van der Waals surface area contributed by atoms with Crippen molar-refractivity contribution < 1.29 is 9.59 Å². The van der Waals surface area contributed by atoms with Crippen LogP contribution in [0.3, 0.4) is 0 Å². The van der Waals surface area contributed by atoms with Crippen LogP contribution < -0.4 is 10.6 Å². The molecule has 6 nitrogen and oxygen atoms in total. The van der Waals surface area contributed by atoms with Crippen molar-refractivity contribution in [2.24, 2.45) is 0 Å². The van der Waals surface area contributed by atoms with Gasteiger partial charge in [0.15, 0.2) is 0 Å². The molecule has 2 heterocycles. The Kier molecular flexibility index (Phi) is 4.42. The van der Waals surface area contributed by atoms with Crippen molar-refractivity contribution in [3.63, 3.8) is 0 Å². The average molecular weight is 400 g/mol. The quantitative estimate of drug-likeness (QED) is 0.706. The summed E-state index contributed by atoms with van der Waals surface area (Å²) in [6.45, 7) is 1.98. The number of nitrogens with one attached hydrogen (secondary N) is 2. The van der Waals surface area contributed by atoms with E-state index in [0.29, 0.717) is 18.4 Å². The minimum absolute atomic E-state index is 0.131. The maximum Gasteiger partial charge on any atom is 0.252 e. The topological polar surface area (TPSA) is 76.0 Å². The Bertz CT molecular complexity index is 1110. The number of benzene rings is 2. The lowest BCUT2D eigenvalue weighted by atomic mass is 10.0. The Morgan fingerprint density at radius 3 is 2.63 bits per heavy atom. The van der Waals surface area contributed by atoms with Crippen LogP contribution in [0.5, 0.6) is 0 Å². The third kappa shape index (κ3) is 3.28. The third-order valence-electron chi connectivity index (χ3n) is 6.09. The molecule has 1 unspecified atom stereocenters. The van der Waals surface area contributed by atoms with E-state index >= 15 is 0 Å². The summed E-state index contributed by atoms with van der Waals surface area (Å²) < 4.78 is 2.05. The van der Waals surface area contributed by atoms with E-state index in [1.807, 2.05) is 37.4 Å². The summed E-state index contributed by atoms with van der Waals surface area (Å²) in [6, 6.07) is 15.4. The molecule has 1 aliphatic carbocycles. The predicted molar refractivity (Wildman–Crippen MR) is 113 cm³/mol. The minimum Gasteiger partial charge on any atom is -0.344 e. The summed E-state index contributed by atoms with van der Waals surface area (Å²) in [5, 5.41) is 6.13. The zero-order chi connectivity index (χ0) is 20.7. The lowest BCUT2D eigenvalue weighted by Gasteiger charge is -2.22. The highest BCUT2D eigenvalue weighted by molar-refractivity contribution is 6.00. The highest BCUT2D eigenvalue weighted by Gasteiger charge is 2.52. The summed E-state index contributed by atoms with van der Waals surface area (Å²) in [7, 11) is 0. The van der Waals surface area contributed by atoms with Crippen LogP contribution in [0.25, 0.3) is 5.69 Å². The minimum atomic E-state index is -0.821. The van der Waals surface area contributed by atoms with Crippen LogP contribution >= 0.6 is 0 Å².